The van der Waals surface area contributed by atoms with Gasteiger partial charge in [0.1, 0.15) is 11.6 Å². The van der Waals surface area contributed by atoms with Gasteiger partial charge in [-0.15, -0.1) is 0 Å². The molecule has 2 heterocycles. The van der Waals surface area contributed by atoms with Gasteiger partial charge in [0.05, 0.1) is 12.7 Å². The van der Waals surface area contributed by atoms with E-state index < -0.39 is 29.5 Å². The average Bonchev–Trinajstić information content (AvgIpc) is 3.23. The van der Waals surface area contributed by atoms with Crippen LogP contribution in [0, 0.1) is 0 Å². The molecule has 8 nitrogen and oxygen atoms in total. The zero-order chi connectivity index (χ0) is 18.7. The number of imide groups is 1. The number of ether oxygens (including phenoxy) is 2. The Balaban J connectivity index is 1.61. The third-order valence-corrected chi connectivity index (χ3v) is 4.69. The quantitative estimate of drug-likeness (QED) is 0.739. The van der Waals surface area contributed by atoms with Crippen LogP contribution in [0.4, 0.5) is 4.79 Å². The molecule has 2 saturated heterocycles. The lowest BCUT2D eigenvalue weighted by Crippen LogP contribution is -2.51. The molecular formula is C18H23N3O5. The van der Waals surface area contributed by atoms with Gasteiger partial charge < -0.3 is 14.8 Å². The summed E-state index contributed by atoms with van der Waals surface area (Å²) >= 11 is 0. The predicted octanol–water partition coefficient (Wildman–Crippen LogP) is 1.07. The van der Waals surface area contributed by atoms with E-state index in [1.165, 1.54) is 0 Å². The third kappa shape index (κ3) is 3.56. The molecule has 2 aliphatic rings. The molecule has 26 heavy (non-hydrogen) atoms. The molecule has 2 N–H and O–H groups in total. The minimum absolute atomic E-state index is 0.0108. The Bertz CT molecular complexity index is 689. The standard InChI is InChI=1S/C18H23N3O5/c1-12(26-11-14-9-6-10-25-14)15(22)20-21-16(23)18(2,19-17(21)24)13-7-4-3-5-8-13/h3-5,7-8,12,14H,6,9-11H2,1-2H3,(H,19,24)(H,20,22). The summed E-state index contributed by atoms with van der Waals surface area (Å²) in [6.07, 6.45) is 1.05. The van der Waals surface area contributed by atoms with Gasteiger partial charge in [-0.2, -0.15) is 5.01 Å². The van der Waals surface area contributed by atoms with Crippen LogP contribution in [0.25, 0.3) is 0 Å². The maximum Gasteiger partial charge on any atom is 0.344 e. The number of hydrogen-bond acceptors (Lipinski definition) is 5. The second-order valence-electron chi connectivity index (χ2n) is 6.65. The summed E-state index contributed by atoms with van der Waals surface area (Å²) in [6, 6.07) is 8.19. The van der Waals surface area contributed by atoms with Gasteiger partial charge in [-0.1, -0.05) is 30.3 Å². The molecule has 0 spiro atoms. The average molecular weight is 361 g/mol. The summed E-state index contributed by atoms with van der Waals surface area (Å²) in [5, 5.41) is 3.34. The van der Waals surface area contributed by atoms with E-state index in [-0.39, 0.29) is 6.10 Å². The number of rotatable bonds is 6. The van der Waals surface area contributed by atoms with E-state index in [1.807, 2.05) is 6.07 Å². The zero-order valence-electron chi connectivity index (χ0n) is 14.9. The maximum absolute atomic E-state index is 12.7. The smallest absolute Gasteiger partial charge is 0.344 e. The van der Waals surface area contributed by atoms with E-state index in [0.717, 1.165) is 12.8 Å². The fraction of sp³-hybridized carbons (Fsp3) is 0.500. The summed E-state index contributed by atoms with van der Waals surface area (Å²) in [7, 11) is 0. The highest BCUT2D eigenvalue weighted by atomic mass is 16.5. The Morgan fingerprint density at radius 2 is 2.15 bits per heavy atom. The number of carbonyl (C=O) groups is 3. The topological polar surface area (TPSA) is 97.0 Å². The Kier molecular flexibility index (Phi) is 5.24. The molecule has 0 radical (unpaired) electrons. The van der Waals surface area contributed by atoms with E-state index in [4.69, 9.17) is 9.47 Å². The predicted molar refractivity (Wildman–Crippen MR) is 91.7 cm³/mol. The molecular weight excluding hydrogens is 338 g/mol. The lowest BCUT2D eigenvalue weighted by atomic mass is 9.92. The van der Waals surface area contributed by atoms with Crippen LogP contribution >= 0.6 is 0 Å². The number of amides is 4. The van der Waals surface area contributed by atoms with Crippen LogP contribution in [0.1, 0.15) is 32.3 Å². The second kappa shape index (κ2) is 7.43. The van der Waals surface area contributed by atoms with Crippen LogP contribution in [0.5, 0.6) is 0 Å². The van der Waals surface area contributed by atoms with Crippen molar-refractivity contribution in [3.05, 3.63) is 35.9 Å². The lowest BCUT2D eigenvalue weighted by Gasteiger charge is -2.23. The Hall–Kier alpha value is -2.45. The highest BCUT2D eigenvalue weighted by molar-refractivity contribution is 6.08. The molecule has 2 aliphatic heterocycles. The maximum atomic E-state index is 12.7. The number of urea groups is 1. The van der Waals surface area contributed by atoms with Crippen LogP contribution in [0.3, 0.4) is 0 Å². The summed E-state index contributed by atoms with van der Waals surface area (Å²) in [5.74, 6) is -1.11. The third-order valence-electron chi connectivity index (χ3n) is 4.69. The Morgan fingerprint density at radius 3 is 2.81 bits per heavy atom. The number of nitrogens with zero attached hydrogens (tertiary/aromatic N) is 1. The van der Waals surface area contributed by atoms with E-state index >= 15 is 0 Å². The van der Waals surface area contributed by atoms with E-state index in [1.54, 1.807) is 38.1 Å². The number of carbonyl (C=O) groups excluding carboxylic acids is 3. The van der Waals surface area contributed by atoms with Crippen molar-refractivity contribution < 1.29 is 23.9 Å². The van der Waals surface area contributed by atoms with Gasteiger partial charge in [0, 0.05) is 6.61 Å². The van der Waals surface area contributed by atoms with Crippen LogP contribution < -0.4 is 10.7 Å². The number of hydrazine groups is 1. The van der Waals surface area contributed by atoms with Crippen molar-refractivity contribution >= 4 is 17.8 Å². The van der Waals surface area contributed by atoms with E-state index in [9.17, 15) is 14.4 Å². The number of benzene rings is 1. The molecule has 1 aromatic carbocycles. The molecule has 3 unspecified atom stereocenters. The molecule has 0 aliphatic carbocycles. The van der Waals surface area contributed by atoms with Crippen molar-refractivity contribution in [2.75, 3.05) is 13.2 Å². The Morgan fingerprint density at radius 1 is 1.42 bits per heavy atom. The van der Waals surface area contributed by atoms with Crippen molar-refractivity contribution in [3.63, 3.8) is 0 Å². The van der Waals surface area contributed by atoms with Crippen LogP contribution in [-0.4, -0.2) is 48.3 Å². The molecule has 8 heteroatoms. The fourth-order valence-electron chi connectivity index (χ4n) is 3.01. The molecule has 3 rings (SSSR count). The summed E-state index contributed by atoms with van der Waals surface area (Å²) in [6.45, 7) is 4.18. The van der Waals surface area contributed by atoms with Crippen molar-refractivity contribution in [2.45, 2.75) is 44.4 Å². The molecule has 0 saturated carbocycles. The first kappa shape index (κ1) is 18.3. The Labute approximate surface area is 151 Å². The van der Waals surface area contributed by atoms with Gasteiger partial charge in [-0.3, -0.25) is 15.0 Å². The highest BCUT2D eigenvalue weighted by Crippen LogP contribution is 2.27. The van der Waals surface area contributed by atoms with Crippen LogP contribution in [0.2, 0.25) is 0 Å². The largest absolute Gasteiger partial charge is 0.376 e. The first-order chi connectivity index (χ1) is 12.4. The molecule has 1 aromatic rings. The summed E-state index contributed by atoms with van der Waals surface area (Å²) < 4.78 is 10.9. The van der Waals surface area contributed by atoms with E-state index in [0.29, 0.717) is 23.8 Å². The SMILES string of the molecule is CC(OCC1CCCO1)C(=O)NN1C(=O)NC(C)(c2ccccc2)C1=O. The van der Waals surface area contributed by atoms with Crippen molar-refractivity contribution in [1.29, 1.82) is 0 Å². The monoisotopic (exact) mass is 361 g/mol. The normalized spacial score (nSPS) is 26.7. The molecule has 0 bridgehead atoms. The summed E-state index contributed by atoms with van der Waals surface area (Å²) in [4.78, 5) is 37.2. The van der Waals surface area contributed by atoms with Crippen molar-refractivity contribution in [1.82, 2.24) is 15.8 Å². The first-order valence-corrected chi connectivity index (χ1v) is 8.68. The molecule has 2 fully saturated rings. The first-order valence-electron chi connectivity index (χ1n) is 8.68. The van der Waals surface area contributed by atoms with Gasteiger partial charge in [0.15, 0.2) is 0 Å². The van der Waals surface area contributed by atoms with E-state index in [2.05, 4.69) is 10.7 Å². The molecule has 140 valence electrons. The lowest BCUT2D eigenvalue weighted by molar-refractivity contribution is -0.144. The zero-order valence-corrected chi connectivity index (χ0v) is 14.9. The molecule has 0 aromatic heterocycles. The van der Waals surface area contributed by atoms with Gasteiger partial charge in [0.2, 0.25) is 0 Å². The highest BCUT2D eigenvalue weighted by Gasteiger charge is 2.50. The van der Waals surface area contributed by atoms with Crippen molar-refractivity contribution in [2.24, 2.45) is 0 Å². The second-order valence-corrected chi connectivity index (χ2v) is 6.65. The van der Waals surface area contributed by atoms with Crippen LogP contribution in [-0.2, 0) is 24.6 Å². The number of hydrogen-bond donors (Lipinski definition) is 2. The fourth-order valence-corrected chi connectivity index (χ4v) is 3.01. The minimum Gasteiger partial charge on any atom is -0.376 e. The van der Waals surface area contributed by atoms with Crippen LogP contribution in [0.15, 0.2) is 30.3 Å². The van der Waals surface area contributed by atoms with Gasteiger partial charge in [-0.25, -0.2) is 4.79 Å². The van der Waals surface area contributed by atoms with Gasteiger partial charge in [-0.05, 0) is 32.3 Å². The van der Waals surface area contributed by atoms with Gasteiger partial charge >= 0.3 is 6.03 Å². The van der Waals surface area contributed by atoms with Crippen molar-refractivity contribution in [3.8, 4) is 0 Å². The summed E-state index contributed by atoms with van der Waals surface area (Å²) in [5.41, 5.74) is 1.75. The molecule has 3 atom stereocenters. The minimum atomic E-state index is -1.23. The number of nitrogens with one attached hydrogen (secondary N) is 2. The molecule has 4 amide bonds. The van der Waals surface area contributed by atoms with Gasteiger partial charge in [0.25, 0.3) is 11.8 Å².